The van der Waals surface area contributed by atoms with Crippen LogP contribution in [0, 0.1) is 16.0 Å². The molecule has 2 aromatic carbocycles. The second kappa shape index (κ2) is 7.18. The maximum atomic E-state index is 12.4. The van der Waals surface area contributed by atoms with E-state index in [1.165, 1.54) is 29.2 Å². The molecule has 0 bridgehead atoms. The SMILES string of the molecule is O=C(Oc1cccc([N+](=O)[O-])c1)[C@@H]1CC(=O)N(c2ccc3c(c2)OCCO3)C1. The highest BCUT2D eigenvalue weighted by atomic mass is 16.6. The van der Waals surface area contributed by atoms with Gasteiger partial charge in [-0.1, -0.05) is 6.07 Å². The highest BCUT2D eigenvalue weighted by molar-refractivity contribution is 6.00. The minimum atomic E-state index is -0.667. The van der Waals surface area contributed by atoms with E-state index in [0.717, 1.165) is 0 Å². The summed E-state index contributed by atoms with van der Waals surface area (Å²) in [6.07, 6.45) is 0.00218. The third kappa shape index (κ3) is 3.46. The molecule has 2 aromatic rings. The van der Waals surface area contributed by atoms with Gasteiger partial charge in [-0.05, 0) is 18.2 Å². The van der Waals surface area contributed by atoms with Crippen LogP contribution in [0.4, 0.5) is 11.4 Å². The Morgan fingerprint density at radius 1 is 1.14 bits per heavy atom. The van der Waals surface area contributed by atoms with E-state index in [1.807, 2.05) is 0 Å². The molecule has 9 nitrogen and oxygen atoms in total. The number of non-ortho nitro benzene ring substituents is 1. The topological polar surface area (TPSA) is 108 Å². The third-order valence-corrected chi connectivity index (χ3v) is 4.54. The minimum Gasteiger partial charge on any atom is -0.486 e. The number of carbonyl (C=O) groups is 2. The van der Waals surface area contributed by atoms with Crippen molar-refractivity contribution in [2.75, 3.05) is 24.7 Å². The average Bonchev–Trinajstić information content (AvgIpc) is 3.09. The van der Waals surface area contributed by atoms with Gasteiger partial charge in [0.1, 0.15) is 19.0 Å². The minimum absolute atomic E-state index is 0.00218. The molecule has 0 radical (unpaired) electrons. The molecule has 4 rings (SSSR count). The summed E-state index contributed by atoms with van der Waals surface area (Å²) in [4.78, 5) is 36.6. The third-order valence-electron chi connectivity index (χ3n) is 4.54. The number of nitro benzene ring substituents is 1. The van der Waals surface area contributed by atoms with Crippen molar-refractivity contribution in [1.82, 2.24) is 0 Å². The fourth-order valence-corrected chi connectivity index (χ4v) is 3.17. The molecule has 1 atom stereocenters. The van der Waals surface area contributed by atoms with E-state index in [1.54, 1.807) is 18.2 Å². The molecular weight excluding hydrogens is 368 g/mol. The summed E-state index contributed by atoms with van der Waals surface area (Å²) in [5.41, 5.74) is 0.436. The van der Waals surface area contributed by atoms with Gasteiger partial charge in [0.15, 0.2) is 11.5 Å². The molecule has 0 aromatic heterocycles. The summed E-state index contributed by atoms with van der Waals surface area (Å²) in [5.74, 6) is -0.238. The Morgan fingerprint density at radius 2 is 1.93 bits per heavy atom. The molecule has 2 aliphatic rings. The fourth-order valence-electron chi connectivity index (χ4n) is 3.17. The lowest BCUT2D eigenvalue weighted by Crippen LogP contribution is -2.27. The van der Waals surface area contributed by atoms with Gasteiger partial charge in [-0.15, -0.1) is 0 Å². The number of nitro groups is 1. The molecule has 0 N–H and O–H groups in total. The largest absolute Gasteiger partial charge is 0.486 e. The molecule has 1 amide bonds. The maximum absolute atomic E-state index is 12.4. The number of hydrogen-bond donors (Lipinski definition) is 0. The van der Waals surface area contributed by atoms with Crippen molar-refractivity contribution in [3.63, 3.8) is 0 Å². The molecule has 0 spiro atoms. The standard InChI is InChI=1S/C19H16N2O7/c22-18-8-12(19(23)28-15-3-1-2-14(9-15)21(24)25)11-20(18)13-4-5-16-17(10-13)27-7-6-26-16/h1-5,9-10,12H,6-8,11H2/t12-/m1/s1. The second-order valence-corrected chi connectivity index (χ2v) is 6.41. The summed E-state index contributed by atoms with van der Waals surface area (Å²) in [7, 11) is 0. The molecule has 1 fully saturated rings. The molecule has 2 aliphatic heterocycles. The van der Waals surface area contributed by atoms with E-state index in [2.05, 4.69) is 0 Å². The summed E-state index contributed by atoms with van der Waals surface area (Å²) < 4.78 is 16.2. The first-order valence-corrected chi connectivity index (χ1v) is 8.67. The van der Waals surface area contributed by atoms with Crippen LogP contribution in [0.2, 0.25) is 0 Å². The zero-order valence-corrected chi connectivity index (χ0v) is 14.7. The number of esters is 1. The molecule has 0 saturated carbocycles. The van der Waals surface area contributed by atoms with Crippen molar-refractivity contribution in [3.05, 3.63) is 52.6 Å². The van der Waals surface area contributed by atoms with Crippen molar-refractivity contribution in [2.24, 2.45) is 5.92 Å². The van der Waals surface area contributed by atoms with Gasteiger partial charge in [-0.3, -0.25) is 19.7 Å². The van der Waals surface area contributed by atoms with Gasteiger partial charge < -0.3 is 19.1 Å². The number of nitrogens with zero attached hydrogens (tertiary/aromatic N) is 2. The Hall–Kier alpha value is -3.62. The zero-order valence-electron chi connectivity index (χ0n) is 14.7. The monoisotopic (exact) mass is 384 g/mol. The fraction of sp³-hybridized carbons (Fsp3) is 0.263. The summed E-state index contributed by atoms with van der Waals surface area (Å²) in [5, 5.41) is 10.8. The number of ether oxygens (including phenoxy) is 3. The number of anilines is 1. The Balaban J connectivity index is 1.46. The van der Waals surface area contributed by atoms with Gasteiger partial charge in [0.05, 0.1) is 16.9 Å². The number of amides is 1. The highest BCUT2D eigenvalue weighted by Gasteiger charge is 2.37. The van der Waals surface area contributed by atoms with E-state index in [9.17, 15) is 19.7 Å². The number of benzene rings is 2. The van der Waals surface area contributed by atoms with Gasteiger partial charge in [0.25, 0.3) is 5.69 Å². The van der Waals surface area contributed by atoms with E-state index >= 15 is 0 Å². The Morgan fingerprint density at radius 3 is 2.71 bits per heavy atom. The van der Waals surface area contributed by atoms with E-state index in [4.69, 9.17) is 14.2 Å². The number of carbonyl (C=O) groups excluding carboxylic acids is 2. The quantitative estimate of drug-likeness (QED) is 0.344. The van der Waals surface area contributed by atoms with Crippen LogP contribution in [0.1, 0.15) is 6.42 Å². The smallest absolute Gasteiger partial charge is 0.316 e. The van der Waals surface area contributed by atoms with Crippen molar-refractivity contribution >= 4 is 23.3 Å². The second-order valence-electron chi connectivity index (χ2n) is 6.41. The van der Waals surface area contributed by atoms with Gasteiger partial charge >= 0.3 is 5.97 Å². The van der Waals surface area contributed by atoms with Crippen LogP contribution in [0.5, 0.6) is 17.2 Å². The van der Waals surface area contributed by atoms with E-state index in [0.29, 0.717) is 30.4 Å². The average molecular weight is 384 g/mol. The zero-order chi connectivity index (χ0) is 19.7. The highest BCUT2D eigenvalue weighted by Crippen LogP contribution is 2.36. The van der Waals surface area contributed by atoms with Crippen LogP contribution >= 0.6 is 0 Å². The van der Waals surface area contributed by atoms with Gasteiger partial charge in [0.2, 0.25) is 5.91 Å². The predicted molar refractivity (Wildman–Crippen MR) is 96.6 cm³/mol. The number of hydrogen-bond acceptors (Lipinski definition) is 7. The van der Waals surface area contributed by atoms with Crippen molar-refractivity contribution in [3.8, 4) is 17.2 Å². The lowest BCUT2D eigenvalue weighted by molar-refractivity contribution is -0.384. The molecule has 28 heavy (non-hydrogen) atoms. The first kappa shape index (κ1) is 17.8. The van der Waals surface area contributed by atoms with Crippen LogP contribution in [-0.4, -0.2) is 36.6 Å². The predicted octanol–water partition coefficient (Wildman–Crippen LogP) is 2.32. The van der Waals surface area contributed by atoms with Crippen LogP contribution in [-0.2, 0) is 9.59 Å². The van der Waals surface area contributed by atoms with Gasteiger partial charge in [0, 0.05) is 30.8 Å². The van der Waals surface area contributed by atoms with Crippen LogP contribution < -0.4 is 19.1 Å². The summed E-state index contributed by atoms with van der Waals surface area (Å²) in [6.45, 7) is 1.06. The molecule has 0 unspecified atom stereocenters. The first-order chi connectivity index (χ1) is 13.5. The Kier molecular flexibility index (Phi) is 4.56. The molecule has 2 heterocycles. The Bertz CT molecular complexity index is 959. The summed E-state index contributed by atoms with van der Waals surface area (Å²) >= 11 is 0. The summed E-state index contributed by atoms with van der Waals surface area (Å²) in [6, 6.07) is 10.5. The van der Waals surface area contributed by atoms with Gasteiger partial charge in [-0.25, -0.2) is 0 Å². The van der Waals surface area contributed by atoms with Crippen LogP contribution in [0.3, 0.4) is 0 Å². The number of rotatable bonds is 4. The molecule has 144 valence electrons. The molecule has 0 aliphatic carbocycles. The molecule has 9 heteroatoms. The van der Waals surface area contributed by atoms with Crippen LogP contribution in [0.15, 0.2) is 42.5 Å². The normalized spacial score (nSPS) is 18.1. The van der Waals surface area contributed by atoms with E-state index in [-0.39, 0.29) is 30.3 Å². The molecule has 1 saturated heterocycles. The lowest BCUT2D eigenvalue weighted by Gasteiger charge is -2.22. The maximum Gasteiger partial charge on any atom is 0.316 e. The van der Waals surface area contributed by atoms with E-state index < -0.39 is 16.8 Å². The van der Waals surface area contributed by atoms with Crippen molar-refractivity contribution < 1.29 is 28.7 Å². The Labute approximate surface area is 159 Å². The van der Waals surface area contributed by atoms with Crippen LogP contribution in [0.25, 0.3) is 0 Å². The van der Waals surface area contributed by atoms with Crippen molar-refractivity contribution in [1.29, 1.82) is 0 Å². The molecular formula is C19H16N2O7. The number of fused-ring (bicyclic) bond motifs is 1. The first-order valence-electron chi connectivity index (χ1n) is 8.67. The van der Waals surface area contributed by atoms with Crippen molar-refractivity contribution in [2.45, 2.75) is 6.42 Å². The van der Waals surface area contributed by atoms with Gasteiger partial charge in [-0.2, -0.15) is 0 Å². The lowest BCUT2D eigenvalue weighted by atomic mass is 10.1.